The predicted molar refractivity (Wildman–Crippen MR) is 170 cm³/mol. The number of nitrogens with zero attached hydrogens (tertiary/aromatic N) is 7. The third kappa shape index (κ3) is 6.50. The number of para-hydroxylation sites is 1. The Labute approximate surface area is 263 Å². The van der Waals surface area contributed by atoms with Gasteiger partial charge in [-0.1, -0.05) is 43.0 Å². The van der Waals surface area contributed by atoms with Crippen molar-refractivity contribution in [3.8, 4) is 0 Å². The molecule has 2 fully saturated rings. The minimum absolute atomic E-state index is 0.0130. The zero-order valence-electron chi connectivity index (χ0n) is 25.8. The standard InChI is InChI=1S/C32H40N8O4S/c1-23-27(21-37(2)35-23)31(32(42)33-24-11-5-3-6-12-24)40(30(41)22-39-29-14-8-7-13-28(29)34-36-39)25-15-17-26(18-16-25)45(43,44)38-19-9-4-10-20-38/h7-8,13-18,21,24,31H,3-6,9-12,19-20,22H2,1-2H3,(H,33,42)/t31-/m0/s1. The zero-order valence-corrected chi connectivity index (χ0v) is 26.6. The largest absolute Gasteiger partial charge is 0.351 e. The molecule has 45 heavy (non-hydrogen) atoms. The Morgan fingerprint density at radius 2 is 1.67 bits per heavy atom. The van der Waals surface area contributed by atoms with Gasteiger partial charge < -0.3 is 5.32 Å². The summed E-state index contributed by atoms with van der Waals surface area (Å²) >= 11 is 0. The van der Waals surface area contributed by atoms with Crippen molar-refractivity contribution in [2.45, 2.75) is 81.8 Å². The van der Waals surface area contributed by atoms with Crippen LogP contribution in [0.5, 0.6) is 0 Å². The summed E-state index contributed by atoms with van der Waals surface area (Å²) < 4.78 is 31.5. The first-order valence-electron chi connectivity index (χ1n) is 15.7. The summed E-state index contributed by atoms with van der Waals surface area (Å²) in [5.74, 6) is -0.704. The molecule has 1 atom stereocenters. The Morgan fingerprint density at radius 1 is 0.978 bits per heavy atom. The molecule has 1 aliphatic carbocycles. The molecule has 2 aromatic heterocycles. The van der Waals surface area contributed by atoms with Gasteiger partial charge in [-0.25, -0.2) is 13.1 Å². The molecule has 3 heterocycles. The maximum atomic E-state index is 14.4. The van der Waals surface area contributed by atoms with Gasteiger partial charge in [0.25, 0.3) is 0 Å². The quantitative estimate of drug-likeness (QED) is 0.296. The number of nitrogens with one attached hydrogen (secondary N) is 1. The molecule has 2 aliphatic rings. The normalized spacial score (nSPS) is 17.3. The van der Waals surface area contributed by atoms with Gasteiger partial charge in [-0.15, -0.1) is 5.10 Å². The van der Waals surface area contributed by atoms with E-state index in [-0.39, 0.29) is 23.4 Å². The lowest BCUT2D eigenvalue weighted by atomic mass is 9.94. The zero-order chi connectivity index (χ0) is 31.6. The fourth-order valence-electron chi connectivity index (χ4n) is 6.52. The van der Waals surface area contributed by atoms with Crippen molar-refractivity contribution in [2.75, 3.05) is 18.0 Å². The van der Waals surface area contributed by atoms with Gasteiger partial charge in [0.05, 0.1) is 16.1 Å². The summed E-state index contributed by atoms with van der Waals surface area (Å²) in [4.78, 5) is 30.3. The van der Waals surface area contributed by atoms with E-state index < -0.39 is 22.0 Å². The number of hydrogen-bond donors (Lipinski definition) is 1. The van der Waals surface area contributed by atoms with Crippen LogP contribution in [-0.2, 0) is 33.2 Å². The van der Waals surface area contributed by atoms with Gasteiger partial charge in [0.15, 0.2) is 0 Å². The van der Waals surface area contributed by atoms with Crippen LogP contribution in [-0.4, -0.2) is 68.4 Å². The van der Waals surface area contributed by atoms with Crippen molar-refractivity contribution in [1.82, 2.24) is 34.4 Å². The first-order valence-corrected chi connectivity index (χ1v) is 17.2. The molecule has 1 saturated heterocycles. The summed E-state index contributed by atoms with van der Waals surface area (Å²) in [6.07, 6.45) is 9.42. The van der Waals surface area contributed by atoms with Crippen LogP contribution in [0, 0.1) is 6.92 Å². The fraction of sp³-hybridized carbons (Fsp3) is 0.469. The number of aryl methyl sites for hydroxylation is 2. The van der Waals surface area contributed by atoms with Crippen molar-refractivity contribution < 1.29 is 18.0 Å². The molecule has 1 saturated carbocycles. The number of anilines is 1. The molecule has 0 bridgehead atoms. The SMILES string of the molecule is Cc1nn(C)cc1[C@@H](C(=O)NC1CCCCC1)N(C(=O)Cn1nnc2ccccc21)c1ccc(S(=O)(=O)N2CCCCC2)cc1. The van der Waals surface area contributed by atoms with Gasteiger partial charge >= 0.3 is 0 Å². The third-order valence-corrected chi connectivity index (χ3v) is 10.8. The highest BCUT2D eigenvalue weighted by Crippen LogP contribution is 2.32. The van der Waals surface area contributed by atoms with Crippen LogP contribution < -0.4 is 10.2 Å². The molecule has 238 valence electrons. The highest BCUT2D eigenvalue weighted by atomic mass is 32.2. The number of rotatable bonds is 9. The average Bonchev–Trinajstić information content (AvgIpc) is 3.61. The van der Waals surface area contributed by atoms with Crippen molar-refractivity contribution >= 4 is 38.6 Å². The van der Waals surface area contributed by atoms with Crippen molar-refractivity contribution in [1.29, 1.82) is 0 Å². The number of aromatic nitrogens is 5. The highest BCUT2D eigenvalue weighted by Gasteiger charge is 2.37. The predicted octanol–water partition coefficient (Wildman–Crippen LogP) is 3.87. The second kappa shape index (κ2) is 13.1. The molecular weight excluding hydrogens is 592 g/mol. The van der Waals surface area contributed by atoms with E-state index in [0.717, 1.165) is 51.4 Å². The lowest BCUT2D eigenvalue weighted by Crippen LogP contribution is -2.48. The minimum Gasteiger partial charge on any atom is -0.351 e. The van der Waals surface area contributed by atoms with E-state index >= 15 is 0 Å². The number of sulfonamides is 1. The molecule has 0 unspecified atom stereocenters. The highest BCUT2D eigenvalue weighted by molar-refractivity contribution is 7.89. The van der Waals surface area contributed by atoms with E-state index in [0.29, 0.717) is 41.1 Å². The monoisotopic (exact) mass is 632 g/mol. The Kier molecular flexibility index (Phi) is 8.99. The van der Waals surface area contributed by atoms with E-state index in [2.05, 4.69) is 20.7 Å². The van der Waals surface area contributed by atoms with Crippen LogP contribution in [0.4, 0.5) is 5.69 Å². The van der Waals surface area contributed by atoms with Crippen molar-refractivity contribution in [2.24, 2.45) is 7.05 Å². The minimum atomic E-state index is -3.69. The van der Waals surface area contributed by atoms with Crippen LogP contribution in [0.2, 0.25) is 0 Å². The maximum absolute atomic E-state index is 14.4. The summed E-state index contributed by atoms with van der Waals surface area (Å²) in [7, 11) is -1.91. The van der Waals surface area contributed by atoms with Crippen LogP contribution in [0.15, 0.2) is 59.6 Å². The number of piperidine rings is 1. The molecule has 2 aromatic carbocycles. The molecule has 13 heteroatoms. The van der Waals surface area contributed by atoms with E-state index in [4.69, 9.17) is 0 Å². The Morgan fingerprint density at radius 3 is 2.36 bits per heavy atom. The number of hydrogen-bond acceptors (Lipinski definition) is 7. The van der Waals surface area contributed by atoms with Gasteiger partial charge in [-0.3, -0.25) is 19.2 Å². The van der Waals surface area contributed by atoms with E-state index in [1.54, 1.807) is 30.1 Å². The van der Waals surface area contributed by atoms with Gasteiger partial charge in [-0.2, -0.15) is 9.40 Å². The van der Waals surface area contributed by atoms with Gasteiger partial charge in [0, 0.05) is 43.6 Å². The lowest BCUT2D eigenvalue weighted by molar-refractivity contribution is -0.127. The maximum Gasteiger partial charge on any atom is 0.249 e. The molecule has 0 spiro atoms. The molecule has 6 rings (SSSR count). The smallest absolute Gasteiger partial charge is 0.249 e. The second-order valence-corrected chi connectivity index (χ2v) is 14.0. The summed E-state index contributed by atoms with van der Waals surface area (Å²) in [6.45, 7) is 2.62. The van der Waals surface area contributed by atoms with Gasteiger partial charge in [-0.05, 0) is 69.0 Å². The second-order valence-electron chi connectivity index (χ2n) is 12.0. The molecule has 4 aromatic rings. The number of fused-ring (bicyclic) bond motifs is 1. The first-order chi connectivity index (χ1) is 21.7. The topological polar surface area (TPSA) is 135 Å². The summed E-state index contributed by atoms with van der Waals surface area (Å²) in [5, 5.41) is 16.1. The van der Waals surface area contributed by atoms with E-state index in [1.165, 1.54) is 26.0 Å². The van der Waals surface area contributed by atoms with Crippen molar-refractivity contribution in [3.63, 3.8) is 0 Å². The number of carbonyl (C=O) groups is 2. The molecular formula is C32H40N8O4S. The number of benzene rings is 2. The lowest BCUT2D eigenvalue weighted by Gasteiger charge is -2.33. The fourth-order valence-corrected chi connectivity index (χ4v) is 8.04. The molecule has 1 aliphatic heterocycles. The Balaban J connectivity index is 1.41. The molecule has 1 N–H and O–H groups in total. The first kappa shape index (κ1) is 30.9. The molecule has 12 nitrogen and oxygen atoms in total. The van der Waals surface area contributed by atoms with Crippen LogP contribution in [0.3, 0.4) is 0 Å². The van der Waals surface area contributed by atoms with E-state index in [1.807, 2.05) is 31.2 Å². The average molecular weight is 633 g/mol. The summed E-state index contributed by atoms with van der Waals surface area (Å²) in [5.41, 5.74) is 2.95. The van der Waals surface area contributed by atoms with Crippen LogP contribution >= 0.6 is 0 Å². The Hall–Kier alpha value is -4.10. The third-order valence-electron chi connectivity index (χ3n) is 8.85. The number of carbonyl (C=O) groups excluding carboxylic acids is 2. The molecule has 0 radical (unpaired) electrons. The van der Waals surface area contributed by atoms with Crippen molar-refractivity contribution in [3.05, 3.63) is 66.0 Å². The van der Waals surface area contributed by atoms with Crippen LogP contribution in [0.1, 0.15) is 68.7 Å². The Bertz CT molecular complexity index is 1770. The van der Waals surface area contributed by atoms with E-state index in [9.17, 15) is 18.0 Å². The molecule has 2 amide bonds. The summed E-state index contributed by atoms with van der Waals surface area (Å²) in [6, 6.07) is 12.6. The van der Waals surface area contributed by atoms with Gasteiger partial charge in [0.2, 0.25) is 21.8 Å². The van der Waals surface area contributed by atoms with Gasteiger partial charge in [0.1, 0.15) is 18.1 Å². The van der Waals surface area contributed by atoms with Crippen LogP contribution in [0.25, 0.3) is 11.0 Å². The number of amides is 2.